The van der Waals surface area contributed by atoms with Gasteiger partial charge in [-0.2, -0.15) is 0 Å². The number of carbonyl (C=O) groups excluding carboxylic acids is 2. The number of nitrogens with zero attached hydrogens (tertiary/aromatic N) is 1. The van der Waals surface area contributed by atoms with E-state index in [1.807, 2.05) is 66.2 Å². The Bertz CT molecular complexity index is 1120. The zero-order valence-electron chi connectivity index (χ0n) is 14.9. The lowest BCUT2D eigenvalue weighted by atomic mass is 10.1. The van der Waals surface area contributed by atoms with Gasteiger partial charge in [-0.15, -0.1) is 11.3 Å². The number of aromatic amines is 1. The lowest BCUT2D eigenvalue weighted by Gasteiger charge is -2.06. The Balaban J connectivity index is 1.30. The second-order valence-corrected chi connectivity index (χ2v) is 7.18. The van der Waals surface area contributed by atoms with Gasteiger partial charge in [0.05, 0.1) is 18.5 Å². The summed E-state index contributed by atoms with van der Waals surface area (Å²) in [7, 11) is 0. The molecule has 2 amide bonds. The number of fused-ring (bicyclic) bond motifs is 1. The third-order valence-electron chi connectivity index (χ3n) is 4.28. The highest BCUT2D eigenvalue weighted by molar-refractivity contribution is 7.13. The highest BCUT2D eigenvalue weighted by Crippen LogP contribution is 2.23. The van der Waals surface area contributed by atoms with Gasteiger partial charge in [-0.1, -0.05) is 48.5 Å². The molecule has 0 unspecified atom stereocenters. The van der Waals surface area contributed by atoms with Gasteiger partial charge in [-0.3, -0.25) is 20.4 Å². The summed E-state index contributed by atoms with van der Waals surface area (Å²) in [5.74, 6) is -0.585. The van der Waals surface area contributed by atoms with Crippen LogP contribution in [0, 0.1) is 0 Å². The van der Waals surface area contributed by atoms with E-state index in [4.69, 9.17) is 0 Å². The van der Waals surface area contributed by atoms with Crippen LogP contribution >= 0.6 is 11.3 Å². The Morgan fingerprint density at radius 1 is 0.929 bits per heavy atom. The number of carbonyl (C=O) groups is 2. The zero-order chi connectivity index (χ0) is 19.3. The van der Waals surface area contributed by atoms with E-state index in [0.717, 1.165) is 27.0 Å². The number of hydrogen-bond donors (Lipinski definition) is 3. The minimum absolute atomic E-state index is 0.108. The van der Waals surface area contributed by atoms with E-state index in [1.165, 1.54) is 11.3 Å². The van der Waals surface area contributed by atoms with Crippen LogP contribution in [-0.2, 0) is 22.4 Å². The minimum atomic E-state index is -0.308. The Labute approximate surface area is 165 Å². The molecule has 0 fully saturated rings. The summed E-state index contributed by atoms with van der Waals surface area (Å²) in [6.45, 7) is 0. The summed E-state index contributed by atoms with van der Waals surface area (Å²) in [4.78, 5) is 31.9. The Hall–Kier alpha value is -3.45. The van der Waals surface area contributed by atoms with E-state index in [-0.39, 0.29) is 24.7 Å². The molecule has 7 heteroatoms. The van der Waals surface area contributed by atoms with Crippen LogP contribution in [0.4, 0.5) is 0 Å². The van der Waals surface area contributed by atoms with E-state index >= 15 is 0 Å². The van der Waals surface area contributed by atoms with Crippen molar-refractivity contribution in [3.8, 4) is 10.6 Å². The van der Waals surface area contributed by atoms with Gasteiger partial charge in [0, 0.05) is 28.0 Å². The highest BCUT2D eigenvalue weighted by atomic mass is 32.1. The van der Waals surface area contributed by atoms with E-state index in [0.29, 0.717) is 5.69 Å². The lowest BCUT2D eigenvalue weighted by Crippen LogP contribution is -2.43. The van der Waals surface area contributed by atoms with Crippen LogP contribution in [0.3, 0.4) is 0 Å². The molecule has 0 aliphatic rings. The van der Waals surface area contributed by atoms with Gasteiger partial charge < -0.3 is 4.98 Å². The molecule has 0 spiro atoms. The summed E-state index contributed by atoms with van der Waals surface area (Å²) in [6, 6.07) is 17.6. The number of hydrogen-bond acceptors (Lipinski definition) is 4. The smallest absolute Gasteiger partial charge is 0.244 e. The van der Waals surface area contributed by atoms with Gasteiger partial charge in [0.15, 0.2) is 0 Å². The maximum atomic E-state index is 12.1. The Morgan fingerprint density at radius 3 is 2.46 bits per heavy atom. The number of amides is 2. The van der Waals surface area contributed by atoms with Crippen LogP contribution in [0.5, 0.6) is 0 Å². The molecule has 6 nitrogen and oxygen atoms in total. The molecule has 4 rings (SSSR count). The summed E-state index contributed by atoms with van der Waals surface area (Å²) in [6.07, 6.45) is 2.10. The third kappa shape index (κ3) is 4.10. The molecular formula is C21H18N4O2S. The second kappa shape index (κ2) is 8.06. The largest absolute Gasteiger partial charge is 0.361 e. The van der Waals surface area contributed by atoms with Crippen LogP contribution in [-0.4, -0.2) is 21.8 Å². The lowest BCUT2D eigenvalue weighted by molar-refractivity contribution is -0.128. The first kappa shape index (κ1) is 17.9. The topological polar surface area (TPSA) is 86.9 Å². The Morgan fingerprint density at radius 2 is 1.64 bits per heavy atom. The number of nitrogens with one attached hydrogen (secondary N) is 3. The molecule has 0 saturated heterocycles. The summed E-state index contributed by atoms with van der Waals surface area (Å²) in [5.41, 5.74) is 8.48. The van der Waals surface area contributed by atoms with Crippen molar-refractivity contribution >= 4 is 34.1 Å². The molecule has 2 aromatic heterocycles. The maximum absolute atomic E-state index is 12.1. The fourth-order valence-electron chi connectivity index (χ4n) is 2.94. The van der Waals surface area contributed by atoms with Crippen molar-refractivity contribution in [2.45, 2.75) is 12.8 Å². The normalized spacial score (nSPS) is 10.7. The number of benzene rings is 2. The SMILES string of the molecule is O=C(Cc1csc(-c2ccccc2)n1)NNC(=O)Cc1c[nH]c2ccccc12. The van der Waals surface area contributed by atoms with Crippen LogP contribution in [0.2, 0.25) is 0 Å². The third-order valence-corrected chi connectivity index (χ3v) is 5.22. The average molecular weight is 390 g/mol. The summed E-state index contributed by atoms with van der Waals surface area (Å²) < 4.78 is 0. The van der Waals surface area contributed by atoms with Gasteiger partial charge in [0.2, 0.25) is 11.8 Å². The molecule has 140 valence electrons. The van der Waals surface area contributed by atoms with E-state index in [9.17, 15) is 9.59 Å². The van der Waals surface area contributed by atoms with Crippen molar-refractivity contribution < 1.29 is 9.59 Å². The monoisotopic (exact) mass is 390 g/mol. The second-order valence-electron chi connectivity index (χ2n) is 6.32. The van der Waals surface area contributed by atoms with E-state index in [2.05, 4.69) is 20.8 Å². The predicted molar refractivity (Wildman–Crippen MR) is 110 cm³/mol. The van der Waals surface area contributed by atoms with E-state index < -0.39 is 0 Å². The quantitative estimate of drug-likeness (QED) is 0.457. The number of aromatic nitrogens is 2. The van der Waals surface area contributed by atoms with Crippen LogP contribution in [0.25, 0.3) is 21.5 Å². The minimum Gasteiger partial charge on any atom is -0.361 e. The van der Waals surface area contributed by atoms with Crippen molar-refractivity contribution in [2.75, 3.05) is 0 Å². The molecule has 0 bridgehead atoms. The molecule has 3 N–H and O–H groups in total. The van der Waals surface area contributed by atoms with Crippen molar-refractivity contribution in [1.29, 1.82) is 0 Å². The van der Waals surface area contributed by atoms with Gasteiger partial charge in [-0.25, -0.2) is 4.98 Å². The molecule has 0 aliphatic carbocycles. The molecule has 0 saturated carbocycles. The van der Waals surface area contributed by atoms with Crippen molar-refractivity contribution in [1.82, 2.24) is 20.8 Å². The van der Waals surface area contributed by atoms with Crippen molar-refractivity contribution in [3.63, 3.8) is 0 Å². The molecule has 2 heterocycles. The molecule has 0 atom stereocenters. The number of para-hydroxylation sites is 1. The molecule has 4 aromatic rings. The molecular weight excluding hydrogens is 372 g/mol. The van der Waals surface area contributed by atoms with Gasteiger partial charge >= 0.3 is 0 Å². The fourth-order valence-corrected chi connectivity index (χ4v) is 3.77. The average Bonchev–Trinajstić information content (AvgIpc) is 3.35. The molecule has 0 aliphatic heterocycles. The zero-order valence-corrected chi connectivity index (χ0v) is 15.8. The van der Waals surface area contributed by atoms with Gasteiger partial charge in [0.25, 0.3) is 0 Å². The summed E-state index contributed by atoms with van der Waals surface area (Å²) in [5, 5.41) is 3.72. The Kier molecular flexibility index (Phi) is 5.16. The molecule has 0 radical (unpaired) electrons. The number of hydrazine groups is 1. The standard InChI is InChI=1S/C21H18N4O2S/c26-19(10-15-12-22-18-9-5-4-8-17(15)18)24-25-20(27)11-16-13-28-21(23-16)14-6-2-1-3-7-14/h1-9,12-13,22H,10-11H2,(H,24,26)(H,25,27). The van der Waals surface area contributed by atoms with Crippen molar-refractivity contribution in [3.05, 3.63) is 77.4 Å². The van der Waals surface area contributed by atoms with E-state index in [1.54, 1.807) is 0 Å². The first-order valence-electron chi connectivity index (χ1n) is 8.81. The van der Waals surface area contributed by atoms with Gasteiger partial charge in [-0.05, 0) is 11.6 Å². The maximum Gasteiger partial charge on any atom is 0.244 e. The number of H-pyrrole nitrogens is 1. The van der Waals surface area contributed by atoms with Crippen molar-refractivity contribution in [2.24, 2.45) is 0 Å². The molecule has 2 aromatic carbocycles. The van der Waals surface area contributed by atoms with Gasteiger partial charge in [0.1, 0.15) is 5.01 Å². The number of rotatable bonds is 5. The van der Waals surface area contributed by atoms with Crippen LogP contribution < -0.4 is 10.9 Å². The highest BCUT2D eigenvalue weighted by Gasteiger charge is 2.12. The molecule has 28 heavy (non-hydrogen) atoms. The predicted octanol–water partition coefficient (Wildman–Crippen LogP) is 3.22. The fraction of sp³-hybridized carbons (Fsp3) is 0.0952. The van der Waals surface area contributed by atoms with Crippen LogP contribution in [0.1, 0.15) is 11.3 Å². The first-order valence-corrected chi connectivity index (χ1v) is 9.69. The summed E-state index contributed by atoms with van der Waals surface area (Å²) >= 11 is 1.49. The number of thiazole rings is 1. The first-order chi connectivity index (χ1) is 13.7. The van der Waals surface area contributed by atoms with Crippen LogP contribution in [0.15, 0.2) is 66.2 Å².